The Bertz CT molecular complexity index is 1550. The summed E-state index contributed by atoms with van der Waals surface area (Å²) in [4.78, 5) is 20.5. The summed E-state index contributed by atoms with van der Waals surface area (Å²) in [5.41, 5.74) is 2.26. The highest BCUT2D eigenvalue weighted by atomic mass is 32.2. The zero-order valence-corrected chi connectivity index (χ0v) is 21.8. The van der Waals surface area contributed by atoms with Gasteiger partial charge in [-0.25, -0.2) is 8.42 Å². The van der Waals surface area contributed by atoms with Gasteiger partial charge in [0.25, 0.3) is 5.56 Å². The first-order valence-corrected chi connectivity index (χ1v) is 13.5. The van der Waals surface area contributed by atoms with E-state index in [1.807, 2.05) is 50.2 Å². The van der Waals surface area contributed by atoms with Gasteiger partial charge in [0, 0.05) is 24.1 Å². The molecule has 2 aromatic carbocycles. The predicted octanol–water partition coefficient (Wildman–Crippen LogP) is 4.69. The summed E-state index contributed by atoms with van der Waals surface area (Å²) in [5, 5.41) is 11.4. The molecule has 0 aliphatic carbocycles. The molecule has 2 aromatic heterocycles. The molecule has 2 heterocycles. The fourth-order valence-corrected chi connectivity index (χ4v) is 5.71. The molecule has 4 rings (SSSR count). The fourth-order valence-electron chi connectivity index (χ4n) is 4.37. The smallest absolute Gasteiger partial charge is 0.296 e. The molecule has 0 amide bonds. The van der Waals surface area contributed by atoms with E-state index in [4.69, 9.17) is 4.74 Å². The second-order valence-electron chi connectivity index (χ2n) is 8.49. The van der Waals surface area contributed by atoms with E-state index in [1.54, 1.807) is 31.3 Å². The van der Waals surface area contributed by atoms with Crippen molar-refractivity contribution in [1.82, 2.24) is 14.5 Å². The van der Waals surface area contributed by atoms with Gasteiger partial charge >= 0.3 is 0 Å². The molecule has 0 spiro atoms. The monoisotopic (exact) mass is 519 g/mol. The van der Waals surface area contributed by atoms with E-state index in [-0.39, 0.29) is 17.3 Å². The Labute approximate surface area is 216 Å². The van der Waals surface area contributed by atoms with E-state index >= 15 is 0 Å². The van der Waals surface area contributed by atoms with Crippen LogP contribution in [0.4, 0.5) is 0 Å². The van der Waals surface area contributed by atoms with Crippen LogP contribution in [0.3, 0.4) is 0 Å². The molecule has 9 heteroatoms. The molecule has 0 unspecified atom stereocenters. The van der Waals surface area contributed by atoms with Gasteiger partial charge < -0.3 is 9.84 Å². The number of hydrogen-bond acceptors (Lipinski definition) is 7. The molecule has 1 N–H and O–H groups in total. The molecule has 0 aliphatic rings. The van der Waals surface area contributed by atoms with Gasteiger partial charge in [-0.2, -0.15) is 4.98 Å². The summed E-state index contributed by atoms with van der Waals surface area (Å²) < 4.78 is 34.2. The Morgan fingerprint density at radius 3 is 2.32 bits per heavy atom. The molecule has 0 bridgehead atoms. The van der Waals surface area contributed by atoms with Gasteiger partial charge in [0.15, 0.2) is 4.90 Å². The Hall–Kier alpha value is -3.82. The fraction of sp³-hybridized carbons (Fsp3) is 0.250. The van der Waals surface area contributed by atoms with Crippen LogP contribution in [0.1, 0.15) is 43.4 Å². The van der Waals surface area contributed by atoms with E-state index in [9.17, 15) is 18.3 Å². The second-order valence-corrected chi connectivity index (χ2v) is 10.4. The minimum absolute atomic E-state index is 0.0535. The first kappa shape index (κ1) is 26.2. The lowest BCUT2D eigenvalue weighted by Crippen LogP contribution is -2.28. The van der Waals surface area contributed by atoms with E-state index in [0.29, 0.717) is 13.0 Å². The van der Waals surface area contributed by atoms with Crippen LogP contribution in [0.5, 0.6) is 5.88 Å². The van der Waals surface area contributed by atoms with Crippen molar-refractivity contribution in [2.24, 2.45) is 0 Å². The summed E-state index contributed by atoms with van der Waals surface area (Å²) >= 11 is 0. The predicted molar refractivity (Wildman–Crippen MR) is 140 cm³/mol. The summed E-state index contributed by atoms with van der Waals surface area (Å²) in [5.74, 6) is -0.501. The van der Waals surface area contributed by atoms with Gasteiger partial charge in [0.2, 0.25) is 15.7 Å². The third-order valence-corrected chi connectivity index (χ3v) is 7.99. The SMILES string of the molecule is CCOCc1nc(=O)c(S(=O)(=O)c2ccc(-c3cccnc3C)cc2)c(O)n1[C@@H](CC)c1ccccc1. The molecular weight excluding hydrogens is 490 g/mol. The minimum atomic E-state index is -4.40. The van der Waals surface area contributed by atoms with Crippen molar-refractivity contribution in [1.29, 1.82) is 0 Å². The number of sulfone groups is 1. The van der Waals surface area contributed by atoms with Crippen LogP contribution in [0.2, 0.25) is 0 Å². The molecule has 0 fully saturated rings. The molecular formula is C28H29N3O5S. The lowest BCUT2D eigenvalue weighted by Gasteiger charge is -2.25. The molecule has 0 saturated carbocycles. The number of hydrogen-bond donors (Lipinski definition) is 1. The zero-order valence-electron chi connectivity index (χ0n) is 21.0. The van der Waals surface area contributed by atoms with E-state index in [1.165, 1.54) is 16.7 Å². The molecule has 0 radical (unpaired) electrons. The van der Waals surface area contributed by atoms with Gasteiger partial charge in [0.1, 0.15) is 12.4 Å². The van der Waals surface area contributed by atoms with Crippen LogP contribution >= 0.6 is 0 Å². The molecule has 0 aliphatic heterocycles. The molecule has 4 aromatic rings. The summed E-state index contributed by atoms with van der Waals surface area (Å²) in [7, 11) is -4.40. The summed E-state index contributed by atoms with van der Waals surface area (Å²) in [6, 6.07) is 18.7. The summed E-state index contributed by atoms with van der Waals surface area (Å²) in [6.07, 6.45) is 2.20. The van der Waals surface area contributed by atoms with Gasteiger partial charge in [-0.3, -0.25) is 14.3 Å². The molecule has 0 saturated heterocycles. The number of rotatable bonds is 9. The highest BCUT2D eigenvalue weighted by molar-refractivity contribution is 7.91. The highest BCUT2D eigenvalue weighted by Crippen LogP contribution is 2.33. The maximum absolute atomic E-state index is 13.7. The average molecular weight is 520 g/mol. The second kappa shape index (κ2) is 11.1. The van der Waals surface area contributed by atoms with Crippen molar-refractivity contribution in [3.05, 3.63) is 100 Å². The Morgan fingerprint density at radius 2 is 1.70 bits per heavy atom. The average Bonchev–Trinajstić information content (AvgIpc) is 2.90. The standard InChI is InChI=1S/C28H29N3O5S/c1-4-24(21-10-7-6-8-11-21)31-25(18-36-5-2)30-27(32)26(28(31)33)37(34,35)22-15-13-20(14-16-22)23-12-9-17-29-19(23)3/h6-17,24,33H,4-5,18H2,1-3H3/t24-/m0/s1. The molecule has 37 heavy (non-hydrogen) atoms. The van der Waals surface area contributed by atoms with Crippen molar-refractivity contribution in [2.75, 3.05) is 6.61 Å². The van der Waals surface area contributed by atoms with Crippen molar-refractivity contribution in [2.45, 2.75) is 49.6 Å². The number of aryl methyl sites for hydroxylation is 1. The van der Waals surface area contributed by atoms with Crippen molar-refractivity contribution >= 4 is 9.84 Å². The maximum Gasteiger partial charge on any atom is 0.296 e. The zero-order chi connectivity index (χ0) is 26.6. The normalized spacial score (nSPS) is 12.4. The quantitative estimate of drug-likeness (QED) is 0.341. The first-order chi connectivity index (χ1) is 17.8. The Morgan fingerprint density at radius 1 is 1.00 bits per heavy atom. The maximum atomic E-state index is 13.7. The van der Waals surface area contributed by atoms with Crippen LogP contribution in [-0.4, -0.2) is 34.7 Å². The number of pyridine rings is 1. The third-order valence-electron chi connectivity index (χ3n) is 6.20. The molecule has 192 valence electrons. The lowest BCUT2D eigenvalue weighted by atomic mass is 10.0. The number of aromatic nitrogens is 3. The number of aromatic hydroxyl groups is 1. The Balaban J connectivity index is 1.86. The van der Waals surface area contributed by atoms with Crippen LogP contribution < -0.4 is 5.56 Å². The Kier molecular flexibility index (Phi) is 7.85. The van der Waals surface area contributed by atoms with Crippen molar-refractivity contribution < 1.29 is 18.3 Å². The largest absolute Gasteiger partial charge is 0.493 e. The van der Waals surface area contributed by atoms with Crippen LogP contribution in [0.15, 0.2) is 87.5 Å². The summed E-state index contributed by atoms with van der Waals surface area (Å²) in [6.45, 7) is 5.88. The van der Waals surface area contributed by atoms with E-state index < -0.39 is 32.2 Å². The van der Waals surface area contributed by atoms with E-state index in [0.717, 1.165) is 22.4 Å². The van der Waals surface area contributed by atoms with Gasteiger partial charge in [0.05, 0.1) is 10.9 Å². The van der Waals surface area contributed by atoms with Crippen LogP contribution in [0, 0.1) is 6.92 Å². The lowest BCUT2D eigenvalue weighted by molar-refractivity contribution is 0.121. The topological polar surface area (TPSA) is 111 Å². The van der Waals surface area contributed by atoms with Gasteiger partial charge in [-0.05, 0) is 49.6 Å². The van der Waals surface area contributed by atoms with Gasteiger partial charge in [-0.1, -0.05) is 55.5 Å². The van der Waals surface area contributed by atoms with Crippen molar-refractivity contribution in [3.63, 3.8) is 0 Å². The van der Waals surface area contributed by atoms with Crippen LogP contribution in [0.25, 0.3) is 11.1 Å². The number of nitrogens with zero attached hydrogens (tertiary/aromatic N) is 3. The van der Waals surface area contributed by atoms with E-state index in [2.05, 4.69) is 9.97 Å². The van der Waals surface area contributed by atoms with Crippen molar-refractivity contribution in [3.8, 4) is 17.0 Å². The first-order valence-electron chi connectivity index (χ1n) is 12.0. The molecule has 8 nitrogen and oxygen atoms in total. The number of ether oxygens (including phenoxy) is 1. The highest BCUT2D eigenvalue weighted by Gasteiger charge is 2.32. The third kappa shape index (κ3) is 5.19. The minimum Gasteiger partial charge on any atom is -0.493 e. The van der Waals surface area contributed by atoms with Gasteiger partial charge in [-0.15, -0.1) is 0 Å². The van der Waals surface area contributed by atoms with Crippen LogP contribution in [-0.2, 0) is 21.2 Å². The molecule has 1 atom stereocenters. The number of benzene rings is 2.